The molecule has 0 unspecified atom stereocenters. The lowest BCUT2D eigenvalue weighted by Gasteiger charge is -2.57. The molecule has 3 saturated heterocycles. The van der Waals surface area contributed by atoms with E-state index in [0.717, 1.165) is 25.7 Å². The van der Waals surface area contributed by atoms with E-state index < -0.39 is 0 Å². The normalized spacial score (nSPS) is 32.1. The molecule has 1 aliphatic carbocycles. The molecule has 4 fully saturated rings. The van der Waals surface area contributed by atoms with Crippen molar-refractivity contribution in [2.24, 2.45) is 17.8 Å². The SMILES string of the molecule is O=C(c1cnc[nH]c1=O)N1C[C@H]2C[C@@H](C1)[C@H](CC1CCCCC1)N1C(=O)CCC[C@@H]21. The highest BCUT2D eigenvalue weighted by atomic mass is 16.2. The standard InChI is InChI=1S/C23H32N4O3/c28-21-8-4-7-19-16-10-17(20(27(19)21)9-15-5-2-1-3-6-15)13-26(12-16)23(30)18-11-24-14-25-22(18)29/h11,14-17,19-20H,1-10,12-13H2,(H,24,25,29)/t16-,17+,19+,20+/m1/s1. The summed E-state index contributed by atoms with van der Waals surface area (Å²) in [5.41, 5.74) is -0.253. The van der Waals surface area contributed by atoms with E-state index in [1.807, 2.05) is 4.90 Å². The van der Waals surface area contributed by atoms with Gasteiger partial charge in [0.1, 0.15) is 5.56 Å². The molecule has 0 spiro atoms. The van der Waals surface area contributed by atoms with Crippen molar-refractivity contribution in [3.8, 4) is 0 Å². The molecule has 30 heavy (non-hydrogen) atoms. The number of aromatic amines is 1. The zero-order chi connectivity index (χ0) is 20.7. The van der Waals surface area contributed by atoms with Crippen LogP contribution in [0.15, 0.2) is 17.3 Å². The van der Waals surface area contributed by atoms with E-state index in [2.05, 4.69) is 14.9 Å². The van der Waals surface area contributed by atoms with E-state index in [0.29, 0.717) is 43.2 Å². The number of fused-ring (bicyclic) bond motifs is 4. The number of hydrogen-bond donors (Lipinski definition) is 1. The van der Waals surface area contributed by atoms with Gasteiger partial charge in [-0.2, -0.15) is 0 Å². The van der Waals surface area contributed by atoms with Crippen molar-refractivity contribution in [3.05, 3.63) is 28.4 Å². The molecule has 1 aromatic rings. The lowest BCUT2D eigenvalue weighted by molar-refractivity contribution is -0.153. The first kappa shape index (κ1) is 19.8. The molecule has 0 radical (unpaired) electrons. The van der Waals surface area contributed by atoms with E-state index in [1.165, 1.54) is 44.6 Å². The van der Waals surface area contributed by atoms with Gasteiger partial charge in [-0.15, -0.1) is 0 Å². The molecule has 162 valence electrons. The molecule has 2 amide bonds. The largest absolute Gasteiger partial charge is 0.338 e. The van der Waals surface area contributed by atoms with Crippen LogP contribution in [-0.4, -0.2) is 56.8 Å². The van der Waals surface area contributed by atoms with Crippen LogP contribution in [-0.2, 0) is 4.79 Å². The summed E-state index contributed by atoms with van der Waals surface area (Å²) >= 11 is 0. The number of carbonyl (C=O) groups is 2. The van der Waals surface area contributed by atoms with Gasteiger partial charge in [0, 0.05) is 37.8 Å². The summed E-state index contributed by atoms with van der Waals surface area (Å²) in [5.74, 6) is 1.43. The van der Waals surface area contributed by atoms with Gasteiger partial charge >= 0.3 is 0 Å². The van der Waals surface area contributed by atoms with E-state index >= 15 is 0 Å². The van der Waals surface area contributed by atoms with E-state index in [-0.39, 0.29) is 29.1 Å². The predicted molar refractivity (Wildman–Crippen MR) is 112 cm³/mol. The minimum absolute atomic E-state index is 0.123. The first-order valence-electron chi connectivity index (χ1n) is 11.7. The van der Waals surface area contributed by atoms with Crippen LogP contribution in [0.4, 0.5) is 0 Å². The third-order valence-corrected chi connectivity index (χ3v) is 8.03. The summed E-state index contributed by atoms with van der Waals surface area (Å²) in [5, 5.41) is 0. The Bertz CT molecular complexity index is 862. The van der Waals surface area contributed by atoms with Crippen LogP contribution >= 0.6 is 0 Å². The van der Waals surface area contributed by atoms with Crippen molar-refractivity contribution in [2.45, 2.75) is 76.3 Å². The number of nitrogens with zero attached hydrogens (tertiary/aromatic N) is 3. The zero-order valence-electron chi connectivity index (χ0n) is 17.6. The predicted octanol–water partition coefficient (Wildman–Crippen LogP) is 2.58. The quantitative estimate of drug-likeness (QED) is 0.827. The Morgan fingerprint density at radius 3 is 2.67 bits per heavy atom. The fraction of sp³-hybridized carbons (Fsp3) is 0.739. The Morgan fingerprint density at radius 1 is 1.07 bits per heavy atom. The fourth-order valence-electron chi connectivity index (χ4n) is 6.68. The highest BCUT2D eigenvalue weighted by molar-refractivity contribution is 5.93. The van der Waals surface area contributed by atoms with Crippen LogP contribution in [0.3, 0.4) is 0 Å². The van der Waals surface area contributed by atoms with E-state index in [4.69, 9.17) is 0 Å². The molecule has 0 aromatic carbocycles. The number of rotatable bonds is 3. The summed E-state index contributed by atoms with van der Waals surface area (Å²) in [6.07, 6.45) is 14.0. The summed E-state index contributed by atoms with van der Waals surface area (Å²) in [4.78, 5) is 48.9. The molecule has 1 aromatic heterocycles. The maximum atomic E-state index is 13.2. The second-order valence-electron chi connectivity index (χ2n) is 9.83. The Morgan fingerprint density at radius 2 is 1.87 bits per heavy atom. The van der Waals surface area contributed by atoms with Gasteiger partial charge in [-0.05, 0) is 43.4 Å². The van der Waals surface area contributed by atoms with Crippen molar-refractivity contribution in [3.63, 3.8) is 0 Å². The van der Waals surface area contributed by atoms with Crippen LogP contribution in [0, 0.1) is 17.8 Å². The van der Waals surface area contributed by atoms with Crippen LogP contribution in [0.2, 0.25) is 0 Å². The number of piperidine rings is 3. The Kier molecular flexibility index (Phi) is 5.37. The minimum Gasteiger partial charge on any atom is -0.338 e. The fourth-order valence-corrected chi connectivity index (χ4v) is 6.68. The van der Waals surface area contributed by atoms with Gasteiger partial charge in [0.25, 0.3) is 11.5 Å². The van der Waals surface area contributed by atoms with Gasteiger partial charge in [-0.3, -0.25) is 14.4 Å². The summed E-state index contributed by atoms with van der Waals surface area (Å²) in [6, 6.07) is 0.490. The highest BCUT2D eigenvalue weighted by Gasteiger charge is 2.50. The second-order valence-corrected chi connectivity index (χ2v) is 9.83. The van der Waals surface area contributed by atoms with Gasteiger partial charge in [0.2, 0.25) is 5.91 Å². The number of likely N-dealkylation sites (tertiary alicyclic amines) is 1. The van der Waals surface area contributed by atoms with Crippen molar-refractivity contribution in [2.75, 3.05) is 13.1 Å². The Hall–Kier alpha value is -2.18. The first-order valence-corrected chi connectivity index (χ1v) is 11.7. The number of nitrogens with one attached hydrogen (secondary N) is 1. The van der Waals surface area contributed by atoms with Crippen molar-refractivity contribution < 1.29 is 9.59 Å². The number of carbonyl (C=O) groups excluding carboxylic acids is 2. The first-order chi connectivity index (χ1) is 14.6. The average Bonchev–Trinajstić information content (AvgIpc) is 2.77. The number of amides is 2. The van der Waals surface area contributed by atoms with E-state index in [1.54, 1.807) is 0 Å². The Labute approximate surface area is 177 Å². The molecule has 3 aliphatic heterocycles. The van der Waals surface area contributed by atoms with Gasteiger partial charge in [0.05, 0.1) is 6.33 Å². The topological polar surface area (TPSA) is 86.4 Å². The molecular formula is C23H32N4O3. The molecule has 4 atom stereocenters. The Balaban J connectivity index is 1.41. The van der Waals surface area contributed by atoms with Crippen molar-refractivity contribution >= 4 is 11.8 Å². The molecule has 2 bridgehead atoms. The molecule has 7 nitrogen and oxygen atoms in total. The maximum Gasteiger partial charge on any atom is 0.263 e. The molecule has 1 N–H and O–H groups in total. The van der Waals surface area contributed by atoms with Gasteiger partial charge in [-0.25, -0.2) is 4.98 Å². The number of H-pyrrole nitrogens is 1. The van der Waals surface area contributed by atoms with Gasteiger partial charge in [-0.1, -0.05) is 32.1 Å². The summed E-state index contributed by atoms with van der Waals surface area (Å²) < 4.78 is 0. The molecule has 4 aliphatic rings. The highest BCUT2D eigenvalue weighted by Crippen LogP contribution is 2.44. The lowest BCUT2D eigenvalue weighted by Crippen LogP contribution is -2.65. The van der Waals surface area contributed by atoms with Crippen LogP contribution in [0.25, 0.3) is 0 Å². The van der Waals surface area contributed by atoms with Gasteiger partial charge in [0.15, 0.2) is 0 Å². The average molecular weight is 413 g/mol. The summed E-state index contributed by atoms with van der Waals surface area (Å²) in [6.45, 7) is 1.27. The molecule has 4 heterocycles. The van der Waals surface area contributed by atoms with E-state index in [9.17, 15) is 14.4 Å². The minimum atomic E-state index is -0.376. The summed E-state index contributed by atoms with van der Waals surface area (Å²) in [7, 11) is 0. The lowest BCUT2D eigenvalue weighted by atomic mass is 9.69. The molecule has 1 saturated carbocycles. The third-order valence-electron chi connectivity index (χ3n) is 8.03. The number of hydrogen-bond acceptors (Lipinski definition) is 4. The monoisotopic (exact) mass is 412 g/mol. The smallest absolute Gasteiger partial charge is 0.263 e. The van der Waals surface area contributed by atoms with Crippen LogP contribution < -0.4 is 5.56 Å². The van der Waals surface area contributed by atoms with Crippen molar-refractivity contribution in [1.29, 1.82) is 0 Å². The second kappa shape index (κ2) is 8.16. The van der Waals surface area contributed by atoms with Crippen molar-refractivity contribution in [1.82, 2.24) is 19.8 Å². The maximum absolute atomic E-state index is 13.2. The molecular weight excluding hydrogens is 380 g/mol. The molecule has 7 heteroatoms. The van der Waals surface area contributed by atoms with Crippen LogP contribution in [0.1, 0.15) is 74.6 Å². The third kappa shape index (κ3) is 3.56. The van der Waals surface area contributed by atoms with Crippen LogP contribution in [0.5, 0.6) is 0 Å². The molecule has 5 rings (SSSR count). The van der Waals surface area contributed by atoms with Gasteiger partial charge < -0.3 is 14.8 Å². The number of aromatic nitrogens is 2. The zero-order valence-corrected chi connectivity index (χ0v) is 17.6.